The molecule has 3 N–H and O–H groups in total. The maximum atomic E-state index is 12.1. The number of fused-ring (bicyclic) bond motifs is 1. The van der Waals surface area contributed by atoms with Crippen LogP contribution in [-0.4, -0.2) is 17.7 Å². The highest BCUT2D eigenvalue weighted by Gasteiger charge is 2.26. The molecular formula is C12H12F3N3. The summed E-state index contributed by atoms with van der Waals surface area (Å²) in [5, 5.41) is 3.48. The average Bonchev–Trinajstić information content (AvgIpc) is 2.29. The second-order valence-electron chi connectivity index (χ2n) is 3.89. The summed E-state index contributed by atoms with van der Waals surface area (Å²) in [5.74, 6) is 0. The highest BCUT2D eigenvalue weighted by molar-refractivity contribution is 5.97. The van der Waals surface area contributed by atoms with Crippen molar-refractivity contribution in [2.24, 2.45) is 0 Å². The number of nitrogens with two attached hydrogens (primary N) is 1. The smallest absolute Gasteiger partial charge is 0.390 e. The quantitative estimate of drug-likeness (QED) is 0.828. The molecule has 0 spiro atoms. The third-order valence-corrected chi connectivity index (χ3v) is 2.53. The van der Waals surface area contributed by atoms with E-state index in [0.717, 1.165) is 5.39 Å². The van der Waals surface area contributed by atoms with Crippen molar-refractivity contribution in [2.75, 3.05) is 17.6 Å². The van der Waals surface area contributed by atoms with Crippen LogP contribution in [0.25, 0.3) is 10.9 Å². The lowest BCUT2D eigenvalue weighted by atomic mass is 10.1. The van der Waals surface area contributed by atoms with Gasteiger partial charge in [0.1, 0.15) is 0 Å². The Morgan fingerprint density at radius 2 is 2.00 bits per heavy atom. The van der Waals surface area contributed by atoms with E-state index in [4.69, 9.17) is 5.73 Å². The lowest BCUT2D eigenvalue weighted by molar-refractivity contribution is -0.131. The Labute approximate surface area is 102 Å². The van der Waals surface area contributed by atoms with Crippen molar-refractivity contribution in [3.63, 3.8) is 0 Å². The van der Waals surface area contributed by atoms with Crippen LogP contribution in [0.3, 0.4) is 0 Å². The topological polar surface area (TPSA) is 50.9 Å². The Kier molecular flexibility index (Phi) is 3.27. The molecule has 0 bridgehead atoms. The summed E-state index contributed by atoms with van der Waals surface area (Å²) in [6.07, 6.45) is -3.51. The zero-order valence-corrected chi connectivity index (χ0v) is 9.46. The second-order valence-corrected chi connectivity index (χ2v) is 3.89. The summed E-state index contributed by atoms with van der Waals surface area (Å²) in [5.41, 5.74) is 7.46. The van der Waals surface area contributed by atoms with Gasteiger partial charge >= 0.3 is 6.18 Å². The van der Waals surface area contributed by atoms with Gasteiger partial charge in [0.25, 0.3) is 0 Å². The summed E-state index contributed by atoms with van der Waals surface area (Å²) >= 11 is 0. The number of halogens is 3. The Bertz CT molecular complexity index is 552. The maximum absolute atomic E-state index is 12.1. The molecule has 2 aromatic rings. The molecule has 0 fully saturated rings. The van der Waals surface area contributed by atoms with Gasteiger partial charge in [-0.2, -0.15) is 13.2 Å². The van der Waals surface area contributed by atoms with Crippen LogP contribution in [-0.2, 0) is 0 Å². The Morgan fingerprint density at radius 1 is 1.22 bits per heavy atom. The molecule has 2 rings (SSSR count). The zero-order chi connectivity index (χ0) is 13.2. The standard InChI is InChI=1S/C12H12F3N3/c13-12(14,15)5-7-17-10-4-6-18-11-8(10)2-1-3-9(11)16/h1-4,6H,5,7,16H2,(H,17,18). The lowest BCUT2D eigenvalue weighted by Gasteiger charge is -2.11. The Balaban J connectivity index is 2.21. The van der Waals surface area contributed by atoms with Gasteiger partial charge in [0.05, 0.1) is 17.6 Å². The van der Waals surface area contributed by atoms with E-state index >= 15 is 0 Å². The highest BCUT2D eigenvalue weighted by atomic mass is 19.4. The third kappa shape index (κ3) is 2.82. The van der Waals surface area contributed by atoms with Crippen molar-refractivity contribution >= 4 is 22.3 Å². The van der Waals surface area contributed by atoms with Crippen molar-refractivity contribution in [1.82, 2.24) is 4.98 Å². The van der Waals surface area contributed by atoms with Gasteiger partial charge in [-0.05, 0) is 12.1 Å². The Morgan fingerprint density at radius 3 is 2.72 bits per heavy atom. The van der Waals surface area contributed by atoms with E-state index in [9.17, 15) is 13.2 Å². The number of hydrogen-bond acceptors (Lipinski definition) is 3. The third-order valence-electron chi connectivity index (χ3n) is 2.53. The first kappa shape index (κ1) is 12.5. The van der Waals surface area contributed by atoms with Crippen LogP contribution in [0.1, 0.15) is 6.42 Å². The van der Waals surface area contributed by atoms with Crippen LogP contribution in [0, 0.1) is 0 Å². The average molecular weight is 255 g/mol. The van der Waals surface area contributed by atoms with Crippen LogP contribution in [0.2, 0.25) is 0 Å². The highest BCUT2D eigenvalue weighted by Crippen LogP contribution is 2.26. The number of alkyl halides is 3. The van der Waals surface area contributed by atoms with Crippen molar-refractivity contribution in [3.8, 4) is 0 Å². The molecular weight excluding hydrogens is 243 g/mol. The normalized spacial score (nSPS) is 11.7. The zero-order valence-electron chi connectivity index (χ0n) is 9.46. The van der Waals surface area contributed by atoms with E-state index in [1.165, 1.54) is 6.20 Å². The second kappa shape index (κ2) is 4.72. The number of pyridine rings is 1. The molecule has 1 aromatic heterocycles. The first-order chi connectivity index (χ1) is 8.47. The molecule has 18 heavy (non-hydrogen) atoms. The minimum atomic E-state index is -4.16. The van der Waals surface area contributed by atoms with Crippen molar-refractivity contribution in [3.05, 3.63) is 30.5 Å². The predicted molar refractivity (Wildman–Crippen MR) is 65.3 cm³/mol. The number of para-hydroxylation sites is 1. The molecule has 0 aliphatic carbocycles. The number of anilines is 2. The molecule has 0 atom stereocenters. The van der Waals surface area contributed by atoms with Crippen molar-refractivity contribution in [2.45, 2.75) is 12.6 Å². The summed E-state index contributed by atoms with van der Waals surface area (Å²) in [7, 11) is 0. The van der Waals surface area contributed by atoms with E-state index in [0.29, 0.717) is 16.9 Å². The summed E-state index contributed by atoms with van der Waals surface area (Å²) < 4.78 is 36.2. The van der Waals surface area contributed by atoms with E-state index in [2.05, 4.69) is 10.3 Å². The molecule has 0 unspecified atom stereocenters. The number of benzene rings is 1. The van der Waals surface area contributed by atoms with Gasteiger partial charge in [-0.25, -0.2) is 0 Å². The molecule has 1 aromatic carbocycles. The molecule has 1 heterocycles. The van der Waals surface area contributed by atoms with Gasteiger partial charge < -0.3 is 11.1 Å². The fraction of sp³-hybridized carbons (Fsp3) is 0.250. The number of aromatic nitrogens is 1. The van der Waals surface area contributed by atoms with Gasteiger partial charge in [0.15, 0.2) is 0 Å². The fourth-order valence-corrected chi connectivity index (χ4v) is 1.69. The molecule has 0 saturated heterocycles. The number of nitrogens with one attached hydrogen (secondary N) is 1. The molecule has 0 amide bonds. The van der Waals surface area contributed by atoms with Gasteiger partial charge in [-0.1, -0.05) is 12.1 Å². The first-order valence-electron chi connectivity index (χ1n) is 5.41. The van der Waals surface area contributed by atoms with E-state index in [1.807, 2.05) is 0 Å². The molecule has 3 nitrogen and oxygen atoms in total. The largest absolute Gasteiger partial charge is 0.397 e. The van der Waals surface area contributed by atoms with Crippen LogP contribution in [0.5, 0.6) is 0 Å². The van der Waals surface area contributed by atoms with Gasteiger partial charge in [-0.3, -0.25) is 4.98 Å². The summed E-state index contributed by atoms with van der Waals surface area (Å²) in [4.78, 5) is 4.11. The summed E-state index contributed by atoms with van der Waals surface area (Å²) in [6, 6.07) is 6.86. The lowest BCUT2D eigenvalue weighted by Crippen LogP contribution is -2.14. The summed E-state index contributed by atoms with van der Waals surface area (Å²) in [6.45, 7) is -0.169. The van der Waals surface area contributed by atoms with Crippen LogP contribution in [0.15, 0.2) is 30.5 Å². The van der Waals surface area contributed by atoms with Gasteiger partial charge in [0.2, 0.25) is 0 Å². The Hall–Kier alpha value is -1.98. The number of rotatable bonds is 3. The first-order valence-corrected chi connectivity index (χ1v) is 5.41. The molecule has 6 heteroatoms. The number of nitrogen functional groups attached to an aromatic ring is 1. The fourth-order valence-electron chi connectivity index (χ4n) is 1.69. The van der Waals surface area contributed by atoms with Crippen LogP contribution >= 0.6 is 0 Å². The molecule has 0 saturated carbocycles. The van der Waals surface area contributed by atoms with E-state index in [-0.39, 0.29) is 6.54 Å². The number of hydrogen-bond donors (Lipinski definition) is 2. The minimum absolute atomic E-state index is 0.169. The number of nitrogens with zero attached hydrogens (tertiary/aromatic N) is 1. The van der Waals surface area contributed by atoms with Crippen LogP contribution < -0.4 is 11.1 Å². The van der Waals surface area contributed by atoms with E-state index < -0.39 is 12.6 Å². The van der Waals surface area contributed by atoms with Crippen molar-refractivity contribution in [1.29, 1.82) is 0 Å². The maximum Gasteiger partial charge on any atom is 0.390 e. The van der Waals surface area contributed by atoms with Crippen molar-refractivity contribution < 1.29 is 13.2 Å². The monoisotopic (exact) mass is 255 g/mol. The van der Waals surface area contributed by atoms with Crippen LogP contribution in [0.4, 0.5) is 24.5 Å². The molecule has 0 radical (unpaired) electrons. The molecule has 96 valence electrons. The molecule has 0 aliphatic heterocycles. The minimum Gasteiger partial charge on any atom is -0.397 e. The predicted octanol–water partition coefficient (Wildman–Crippen LogP) is 3.18. The van der Waals surface area contributed by atoms with Gasteiger partial charge in [-0.15, -0.1) is 0 Å². The van der Waals surface area contributed by atoms with E-state index in [1.54, 1.807) is 24.3 Å². The molecule has 0 aliphatic rings. The van der Waals surface area contributed by atoms with Gasteiger partial charge in [0, 0.05) is 23.8 Å². The SMILES string of the molecule is Nc1cccc2c(NCCC(F)(F)F)ccnc12.